The van der Waals surface area contributed by atoms with Gasteiger partial charge in [0.25, 0.3) is 0 Å². The number of carboxylic acids is 1. The first kappa shape index (κ1) is 13.8. The number of carbonyl (C=O) groups is 1. The molecule has 0 radical (unpaired) electrons. The Balaban J connectivity index is 2.10. The van der Waals surface area contributed by atoms with Crippen LogP contribution in [-0.4, -0.2) is 20.6 Å². The standard InChI is InChI=1S/C16H16N2O2S/c1-9-6-13(21-10(9)2)8-18-11(3)17-14-5-4-12(16(19)20)7-15(14)18/h4-7H,8H2,1-3H3,(H,19,20). The summed E-state index contributed by atoms with van der Waals surface area (Å²) >= 11 is 1.78. The molecule has 0 saturated heterocycles. The predicted molar refractivity (Wildman–Crippen MR) is 84.3 cm³/mol. The highest BCUT2D eigenvalue weighted by molar-refractivity contribution is 7.12. The number of imidazole rings is 1. The lowest BCUT2D eigenvalue weighted by Crippen LogP contribution is -2.02. The number of nitrogens with zero attached hydrogens (tertiary/aromatic N) is 2. The van der Waals surface area contributed by atoms with Crippen LogP contribution in [0.15, 0.2) is 24.3 Å². The molecule has 1 N–H and O–H groups in total. The number of carboxylic acid groups (broad SMARTS) is 1. The van der Waals surface area contributed by atoms with Crippen molar-refractivity contribution in [2.45, 2.75) is 27.3 Å². The average molecular weight is 300 g/mol. The van der Waals surface area contributed by atoms with E-state index >= 15 is 0 Å². The summed E-state index contributed by atoms with van der Waals surface area (Å²) in [6, 6.07) is 7.26. The zero-order valence-electron chi connectivity index (χ0n) is 12.2. The molecule has 108 valence electrons. The Bertz CT molecular complexity index is 826. The molecule has 0 amide bonds. The number of benzene rings is 1. The van der Waals surface area contributed by atoms with Gasteiger partial charge in [-0.1, -0.05) is 0 Å². The zero-order chi connectivity index (χ0) is 15.1. The van der Waals surface area contributed by atoms with E-state index in [4.69, 9.17) is 5.11 Å². The van der Waals surface area contributed by atoms with Crippen molar-refractivity contribution in [1.82, 2.24) is 9.55 Å². The van der Waals surface area contributed by atoms with Crippen molar-refractivity contribution in [2.75, 3.05) is 0 Å². The summed E-state index contributed by atoms with van der Waals surface area (Å²) in [6.07, 6.45) is 0. The number of aromatic carboxylic acids is 1. The number of fused-ring (bicyclic) bond motifs is 1. The summed E-state index contributed by atoms with van der Waals surface area (Å²) in [7, 11) is 0. The van der Waals surface area contributed by atoms with Crippen molar-refractivity contribution < 1.29 is 9.90 Å². The highest BCUT2D eigenvalue weighted by Gasteiger charge is 2.12. The number of hydrogen-bond donors (Lipinski definition) is 1. The lowest BCUT2D eigenvalue weighted by Gasteiger charge is -2.05. The van der Waals surface area contributed by atoms with E-state index in [0.29, 0.717) is 5.56 Å². The van der Waals surface area contributed by atoms with E-state index in [1.165, 1.54) is 15.3 Å². The average Bonchev–Trinajstić information content (AvgIpc) is 2.90. The Kier molecular flexibility index (Phi) is 3.29. The Morgan fingerprint density at radius 2 is 2.05 bits per heavy atom. The van der Waals surface area contributed by atoms with Crippen molar-refractivity contribution in [3.05, 3.63) is 51.0 Å². The molecule has 0 aliphatic heterocycles. The van der Waals surface area contributed by atoms with Crippen LogP contribution in [0.2, 0.25) is 0 Å². The summed E-state index contributed by atoms with van der Waals surface area (Å²) in [6.45, 7) is 6.90. The van der Waals surface area contributed by atoms with Crippen molar-refractivity contribution in [2.24, 2.45) is 0 Å². The first-order valence-corrected chi connectivity index (χ1v) is 7.53. The molecule has 1 aromatic carbocycles. The van der Waals surface area contributed by atoms with Crippen LogP contribution in [0.3, 0.4) is 0 Å². The fourth-order valence-corrected chi connectivity index (χ4v) is 3.50. The van der Waals surface area contributed by atoms with Gasteiger partial charge in [0, 0.05) is 9.75 Å². The summed E-state index contributed by atoms with van der Waals surface area (Å²) in [5, 5.41) is 9.14. The SMILES string of the molecule is Cc1cc(Cn2c(C)nc3ccc(C(=O)O)cc32)sc1C. The lowest BCUT2D eigenvalue weighted by atomic mass is 10.2. The first-order valence-electron chi connectivity index (χ1n) is 6.72. The number of hydrogen-bond acceptors (Lipinski definition) is 3. The third-order valence-corrected chi connectivity index (χ3v) is 4.85. The molecule has 2 heterocycles. The van der Waals surface area contributed by atoms with Gasteiger partial charge in [0.2, 0.25) is 0 Å². The third-order valence-electron chi connectivity index (χ3n) is 3.72. The minimum absolute atomic E-state index is 0.294. The van der Waals surface area contributed by atoms with Gasteiger partial charge < -0.3 is 9.67 Å². The second-order valence-corrected chi connectivity index (χ2v) is 6.55. The first-order chi connectivity index (χ1) is 9.95. The minimum atomic E-state index is -0.912. The minimum Gasteiger partial charge on any atom is -0.478 e. The Hall–Kier alpha value is -2.14. The van der Waals surface area contributed by atoms with E-state index < -0.39 is 5.97 Å². The number of aromatic nitrogens is 2. The van der Waals surface area contributed by atoms with Crippen molar-refractivity contribution >= 4 is 28.3 Å². The van der Waals surface area contributed by atoms with Gasteiger partial charge in [-0.05, 0) is 50.6 Å². The van der Waals surface area contributed by atoms with E-state index in [1.54, 1.807) is 29.5 Å². The molecule has 0 saturated carbocycles. The molecule has 0 bridgehead atoms. The Morgan fingerprint density at radius 1 is 1.29 bits per heavy atom. The topological polar surface area (TPSA) is 55.1 Å². The van der Waals surface area contributed by atoms with Gasteiger partial charge in [-0.25, -0.2) is 9.78 Å². The highest BCUT2D eigenvalue weighted by Crippen LogP contribution is 2.25. The van der Waals surface area contributed by atoms with Crippen LogP contribution >= 0.6 is 11.3 Å². The van der Waals surface area contributed by atoms with Crippen molar-refractivity contribution in [3.63, 3.8) is 0 Å². The van der Waals surface area contributed by atoms with Crippen molar-refractivity contribution in [3.8, 4) is 0 Å². The molecule has 5 heteroatoms. The number of aryl methyl sites for hydroxylation is 3. The van der Waals surface area contributed by atoms with E-state index in [2.05, 4.69) is 29.5 Å². The molecular formula is C16H16N2O2S. The maximum Gasteiger partial charge on any atom is 0.335 e. The van der Waals surface area contributed by atoms with Crippen LogP contribution in [0.1, 0.15) is 31.5 Å². The summed E-state index contributed by atoms with van der Waals surface area (Å²) < 4.78 is 2.08. The Labute approximate surface area is 126 Å². The molecule has 4 nitrogen and oxygen atoms in total. The monoisotopic (exact) mass is 300 g/mol. The van der Waals surface area contributed by atoms with Crippen LogP contribution in [-0.2, 0) is 6.54 Å². The molecule has 3 aromatic rings. The zero-order valence-corrected chi connectivity index (χ0v) is 13.0. The largest absolute Gasteiger partial charge is 0.478 e. The number of thiophene rings is 1. The smallest absolute Gasteiger partial charge is 0.335 e. The van der Waals surface area contributed by atoms with Crippen LogP contribution in [0.5, 0.6) is 0 Å². The molecule has 0 aliphatic rings. The molecule has 3 rings (SSSR count). The molecule has 0 spiro atoms. The molecule has 0 aliphatic carbocycles. The second-order valence-electron chi connectivity index (χ2n) is 5.21. The molecule has 0 atom stereocenters. The number of rotatable bonds is 3. The van der Waals surface area contributed by atoms with E-state index in [9.17, 15) is 4.79 Å². The quantitative estimate of drug-likeness (QED) is 0.801. The van der Waals surface area contributed by atoms with Gasteiger partial charge in [0.15, 0.2) is 0 Å². The molecule has 2 aromatic heterocycles. The van der Waals surface area contributed by atoms with E-state index in [0.717, 1.165) is 23.4 Å². The normalized spacial score (nSPS) is 11.2. The molecule has 0 unspecified atom stereocenters. The maximum absolute atomic E-state index is 11.1. The van der Waals surface area contributed by atoms with Gasteiger partial charge in [-0.2, -0.15) is 0 Å². The fraction of sp³-hybridized carbons (Fsp3) is 0.250. The fourth-order valence-electron chi connectivity index (χ4n) is 2.46. The second kappa shape index (κ2) is 5.00. The van der Waals surface area contributed by atoms with Crippen LogP contribution in [0.25, 0.3) is 11.0 Å². The molecular weight excluding hydrogens is 284 g/mol. The van der Waals surface area contributed by atoms with Gasteiger partial charge in [0.1, 0.15) is 5.82 Å². The van der Waals surface area contributed by atoms with Crippen LogP contribution in [0, 0.1) is 20.8 Å². The van der Waals surface area contributed by atoms with Crippen molar-refractivity contribution in [1.29, 1.82) is 0 Å². The molecule has 0 fully saturated rings. The van der Waals surface area contributed by atoms with Crippen LogP contribution < -0.4 is 0 Å². The van der Waals surface area contributed by atoms with Gasteiger partial charge in [0.05, 0.1) is 23.1 Å². The lowest BCUT2D eigenvalue weighted by molar-refractivity contribution is 0.0697. The summed E-state index contributed by atoms with van der Waals surface area (Å²) in [5.74, 6) is -0.0126. The summed E-state index contributed by atoms with van der Waals surface area (Å²) in [4.78, 5) is 18.2. The van der Waals surface area contributed by atoms with E-state index in [-0.39, 0.29) is 0 Å². The molecule has 21 heavy (non-hydrogen) atoms. The van der Waals surface area contributed by atoms with Gasteiger partial charge in [-0.15, -0.1) is 11.3 Å². The summed E-state index contributed by atoms with van der Waals surface area (Å²) in [5.41, 5.74) is 3.30. The van der Waals surface area contributed by atoms with Gasteiger partial charge in [-0.3, -0.25) is 0 Å². The van der Waals surface area contributed by atoms with E-state index in [1.807, 2.05) is 6.92 Å². The maximum atomic E-state index is 11.1. The predicted octanol–water partition coefficient (Wildman–Crippen LogP) is 3.77. The Morgan fingerprint density at radius 3 is 2.67 bits per heavy atom. The third kappa shape index (κ3) is 2.45. The van der Waals surface area contributed by atoms with Gasteiger partial charge >= 0.3 is 5.97 Å². The van der Waals surface area contributed by atoms with Crippen LogP contribution in [0.4, 0.5) is 0 Å². The highest BCUT2D eigenvalue weighted by atomic mass is 32.1.